The van der Waals surface area contributed by atoms with Gasteiger partial charge in [-0.1, -0.05) is 19.1 Å². The number of ether oxygens (including phenoxy) is 1. The van der Waals surface area contributed by atoms with E-state index in [2.05, 4.69) is 10.6 Å². The molecule has 6 nitrogen and oxygen atoms in total. The second-order valence-electron chi connectivity index (χ2n) is 5.45. The van der Waals surface area contributed by atoms with Crippen LogP contribution in [-0.4, -0.2) is 49.6 Å². The highest BCUT2D eigenvalue weighted by molar-refractivity contribution is 5.95. The van der Waals surface area contributed by atoms with Gasteiger partial charge >= 0.3 is 6.03 Å². The van der Waals surface area contributed by atoms with Gasteiger partial charge < -0.3 is 10.1 Å². The molecular weight excluding hydrogens is 301 g/mol. The largest absolute Gasteiger partial charge is 0.371 e. The van der Waals surface area contributed by atoms with Gasteiger partial charge in [-0.25, -0.2) is 9.18 Å². The standard InChI is InChI=1S/C16H22FN3O3/c1-2-7-18-16(22)19-15(21)11-20-8-9-23-14(10-20)12-3-5-13(17)6-4-12/h3-6,14H,2,7-11H2,1H3,(H2,18,19,21,22). The number of nitrogens with zero attached hydrogens (tertiary/aromatic N) is 1. The molecule has 1 saturated heterocycles. The summed E-state index contributed by atoms with van der Waals surface area (Å²) >= 11 is 0. The van der Waals surface area contributed by atoms with E-state index in [9.17, 15) is 14.0 Å². The molecular formula is C16H22FN3O3. The first-order valence-corrected chi connectivity index (χ1v) is 7.75. The van der Waals surface area contributed by atoms with E-state index in [1.807, 2.05) is 11.8 Å². The van der Waals surface area contributed by atoms with Crippen molar-refractivity contribution in [1.82, 2.24) is 15.5 Å². The first-order valence-electron chi connectivity index (χ1n) is 7.75. The molecule has 3 amide bonds. The van der Waals surface area contributed by atoms with Crippen molar-refractivity contribution < 1.29 is 18.7 Å². The maximum absolute atomic E-state index is 13.0. The molecule has 1 atom stereocenters. The lowest BCUT2D eigenvalue weighted by Gasteiger charge is -2.32. The molecule has 1 aliphatic rings. The number of hydrogen-bond acceptors (Lipinski definition) is 4. The smallest absolute Gasteiger partial charge is 0.321 e. The fourth-order valence-electron chi connectivity index (χ4n) is 2.38. The van der Waals surface area contributed by atoms with E-state index in [4.69, 9.17) is 4.74 Å². The van der Waals surface area contributed by atoms with Crippen LogP contribution in [0, 0.1) is 5.82 Å². The molecule has 0 radical (unpaired) electrons. The summed E-state index contributed by atoms with van der Waals surface area (Å²) in [5, 5.41) is 4.89. The van der Waals surface area contributed by atoms with Gasteiger partial charge in [-0.2, -0.15) is 0 Å². The molecule has 2 N–H and O–H groups in total. The number of benzene rings is 1. The summed E-state index contributed by atoms with van der Waals surface area (Å²) in [5.41, 5.74) is 0.872. The lowest BCUT2D eigenvalue weighted by atomic mass is 10.1. The highest BCUT2D eigenvalue weighted by Gasteiger charge is 2.23. The van der Waals surface area contributed by atoms with E-state index in [-0.39, 0.29) is 24.4 Å². The van der Waals surface area contributed by atoms with Crippen molar-refractivity contribution in [2.24, 2.45) is 0 Å². The van der Waals surface area contributed by atoms with Crippen molar-refractivity contribution in [2.45, 2.75) is 19.4 Å². The van der Waals surface area contributed by atoms with Crippen molar-refractivity contribution in [3.05, 3.63) is 35.6 Å². The first-order chi connectivity index (χ1) is 11.1. The number of halogens is 1. The monoisotopic (exact) mass is 323 g/mol. The Bertz CT molecular complexity index is 536. The third kappa shape index (κ3) is 5.61. The van der Waals surface area contributed by atoms with E-state index < -0.39 is 6.03 Å². The van der Waals surface area contributed by atoms with Gasteiger partial charge in [0.1, 0.15) is 5.82 Å². The predicted molar refractivity (Wildman–Crippen MR) is 83.4 cm³/mol. The zero-order valence-electron chi connectivity index (χ0n) is 13.2. The van der Waals surface area contributed by atoms with Gasteiger partial charge in [0.25, 0.3) is 0 Å². The number of morpholine rings is 1. The van der Waals surface area contributed by atoms with E-state index in [1.165, 1.54) is 12.1 Å². The lowest BCUT2D eigenvalue weighted by molar-refractivity contribution is -0.123. The maximum atomic E-state index is 13.0. The molecule has 126 valence electrons. The topological polar surface area (TPSA) is 70.7 Å². The van der Waals surface area contributed by atoms with Crippen LogP contribution in [0.25, 0.3) is 0 Å². The molecule has 1 aromatic carbocycles. The number of hydrogen-bond donors (Lipinski definition) is 2. The van der Waals surface area contributed by atoms with Crippen molar-refractivity contribution in [1.29, 1.82) is 0 Å². The Kier molecular flexibility index (Phi) is 6.49. The van der Waals surface area contributed by atoms with Gasteiger partial charge in [-0.3, -0.25) is 15.0 Å². The summed E-state index contributed by atoms with van der Waals surface area (Å²) in [6, 6.07) is 5.68. The summed E-state index contributed by atoms with van der Waals surface area (Å²) in [4.78, 5) is 25.2. The Morgan fingerprint density at radius 3 is 2.78 bits per heavy atom. The van der Waals surface area contributed by atoms with Crippen LogP contribution in [0.5, 0.6) is 0 Å². The molecule has 1 aromatic rings. The maximum Gasteiger partial charge on any atom is 0.321 e. The number of carbonyl (C=O) groups excluding carboxylic acids is 2. The molecule has 23 heavy (non-hydrogen) atoms. The molecule has 2 rings (SSSR count). The molecule has 7 heteroatoms. The van der Waals surface area contributed by atoms with Crippen molar-refractivity contribution >= 4 is 11.9 Å². The zero-order chi connectivity index (χ0) is 16.7. The van der Waals surface area contributed by atoms with Gasteiger partial charge in [0, 0.05) is 19.6 Å². The Morgan fingerprint density at radius 1 is 1.35 bits per heavy atom. The fourth-order valence-corrected chi connectivity index (χ4v) is 2.38. The van der Waals surface area contributed by atoms with Gasteiger partial charge in [0.15, 0.2) is 0 Å². The van der Waals surface area contributed by atoms with Crippen molar-refractivity contribution in [2.75, 3.05) is 32.8 Å². The predicted octanol–water partition coefficient (Wildman–Crippen LogP) is 1.43. The Labute approximate surface area is 135 Å². The van der Waals surface area contributed by atoms with Gasteiger partial charge in [0.2, 0.25) is 5.91 Å². The molecule has 0 saturated carbocycles. The number of nitrogens with one attached hydrogen (secondary N) is 2. The minimum Gasteiger partial charge on any atom is -0.371 e. The van der Waals surface area contributed by atoms with Crippen LogP contribution in [0.15, 0.2) is 24.3 Å². The van der Waals surface area contributed by atoms with Crippen LogP contribution in [0.2, 0.25) is 0 Å². The average Bonchev–Trinajstić information content (AvgIpc) is 2.53. The van der Waals surface area contributed by atoms with Gasteiger partial charge in [0.05, 0.1) is 19.3 Å². The minimum atomic E-state index is -0.472. The Balaban J connectivity index is 1.82. The highest BCUT2D eigenvalue weighted by Crippen LogP contribution is 2.22. The second kappa shape index (κ2) is 8.59. The zero-order valence-corrected chi connectivity index (χ0v) is 13.2. The molecule has 1 aliphatic heterocycles. The summed E-state index contributed by atoms with van der Waals surface area (Å²) in [6.07, 6.45) is 0.607. The number of amides is 3. The quantitative estimate of drug-likeness (QED) is 0.860. The highest BCUT2D eigenvalue weighted by atomic mass is 19.1. The Morgan fingerprint density at radius 2 is 2.09 bits per heavy atom. The molecule has 1 unspecified atom stereocenters. The summed E-state index contributed by atoms with van der Waals surface area (Å²) in [5.74, 6) is -0.641. The fraction of sp³-hybridized carbons (Fsp3) is 0.500. The van der Waals surface area contributed by atoms with E-state index in [0.29, 0.717) is 26.2 Å². The van der Waals surface area contributed by atoms with Gasteiger partial charge in [-0.05, 0) is 24.1 Å². The molecule has 1 heterocycles. The van der Waals surface area contributed by atoms with Crippen LogP contribution in [-0.2, 0) is 9.53 Å². The van der Waals surface area contributed by atoms with E-state index >= 15 is 0 Å². The number of carbonyl (C=O) groups is 2. The van der Waals surface area contributed by atoms with Crippen LogP contribution in [0.1, 0.15) is 25.0 Å². The van der Waals surface area contributed by atoms with Crippen molar-refractivity contribution in [3.63, 3.8) is 0 Å². The van der Waals surface area contributed by atoms with Crippen LogP contribution in [0.4, 0.5) is 9.18 Å². The molecule has 0 bridgehead atoms. The molecule has 0 spiro atoms. The average molecular weight is 323 g/mol. The molecule has 0 aromatic heterocycles. The molecule has 1 fully saturated rings. The summed E-state index contributed by atoms with van der Waals surface area (Å²) in [7, 11) is 0. The Hall–Kier alpha value is -1.99. The first kappa shape index (κ1) is 17.4. The second-order valence-corrected chi connectivity index (χ2v) is 5.45. The third-order valence-corrected chi connectivity index (χ3v) is 3.55. The van der Waals surface area contributed by atoms with Crippen molar-refractivity contribution in [3.8, 4) is 0 Å². The van der Waals surface area contributed by atoms with E-state index in [1.54, 1.807) is 12.1 Å². The normalized spacial score (nSPS) is 18.4. The minimum absolute atomic E-state index is 0.126. The molecule has 0 aliphatic carbocycles. The number of rotatable bonds is 5. The SMILES string of the molecule is CCCNC(=O)NC(=O)CN1CCOC(c2ccc(F)cc2)C1. The summed E-state index contributed by atoms with van der Waals surface area (Å²) < 4.78 is 18.6. The summed E-state index contributed by atoms with van der Waals surface area (Å²) in [6.45, 7) is 4.21. The lowest BCUT2D eigenvalue weighted by Crippen LogP contribution is -2.47. The third-order valence-electron chi connectivity index (χ3n) is 3.55. The van der Waals surface area contributed by atoms with Crippen LogP contribution in [0.3, 0.4) is 0 Å². The van der Waals surface area contributed by atoms with Gasteiger partial charge in [-0.15, -0.1) is 0 Å². The van der Waals surface area contributed by atoms with E-state index in [0.717, 1.165) is 12.0 Å². The number of urea groups is 1. The number of imide groups is 1. The van der Waals surface area contributed by atoms with Crippen LogP contribution >= 0.6 is 0 Å². The van der Waals surface area contributed by atoms with Crippen LogP contribution < -0.4 is 10.6 Å².